The highest BCUT2D eigenvalue weighted by atomic mass is 16.5. The summed E-state index contributed by atoms with van der Waals surface area (Å²) in [6.45, 7) is 6.02. The molecule has 4 heteroatoms. The van der Waals surface area contributed by atoms with Gasteiger partial charge >= 0.3 is 0 Å². The summed E-state index contributed by atoms with van der Waals surface area (Å²) in [4.78, 5) is 8.47. The fourth-order valence-electron chi connectivity index (χ4n) is 2.27. The summed E-state index contributed by atoms with van der Waals surface area (Å²) >= 11 is 0. The van der Waals surface area contributed by atoms with Crippen LogP contribution in [0.5, 0.6) is 0 Å². The van der Waals surface area contributed by atoms with Crippen molar-refractivity contribution in [2.24, 2.45) is 0 Å². The first kappa shape index (κ1) is 11.5. The van der Waals surface area contributed by atoms with Crippen LogP contribution >= 0.6 is 0 Å². The van der Waals surface area contributed by atoms with Gasteiger partial charge in [0.25, 0.3) is 0 Å². The Morgan fingerprint density at radius 1 is 1.56 bits per heavy atom. The van der Waals surface area contributed by atoms with Crippen LogP contribution in [0.3, 0.4) is 0 Å². The van der Waals surface area contributed by atoms with Gasteiger partial charge in [-0.25, -0.2) is 0 Å². The van der Waals surface area contributed by atoms with Crippen LogP contribution in [0.4, 0.5) is 0 Å². The third kappa shape index (κ3) is 2.39. The molecule has 2 heterocycles. The molecular weight excluding hydrogens is 202 g/mol. The Labute approximate surface area is 96.4 Å². The van der Waals surface area contributed by atoms with E-state index >= 15 is 0 Å². The van der Waals surface area contributed by atoms with E-state index in [0.717, 1.165) is 31.7 Å². The summed E-state index contributed by atoms with van der Waals surface area (Å²) in [5.74, 6) is 0. The number of ether oxygens (including phenoxy) is 1. The lowest BCUT2D eigenvalue weighted by molar-refractivity contribution is -0.0840. The summed E-state index contributed by atoms with van der Waals surface area (Å²) in [7, 11) is 0. The lowest BCUT2D eigenvalue weighted by atomic mass is 9.89. The summed E-state index contributed by atoms with van der Waals surface area (Å²) in [5.41, 5.74) is 0.636. The van der Waals surface area contributed by atoms with Crippen molar-refractivity contribution in [2.45, 2.75) is 38.3 Å². The van der Waals surface area contributed by atoms with E-state index in [0.29, 0.717) is 6.04 Å². The van der Waals surface area contributed by atoms with E-state index in [1.165, 1.54) is 0 Å². The molecule has 2 rings (SSSR count). The van der Waals surface area contributed by atoms with Gasteiger partial charge in [0.15, 0.2) is 0 Å². The maximum atomic E-state index is 5.89. The van der Waals surface area contributed by atoms with Gasteiger partial charge in [-0.1, -0.05) is 6.92 Å². The number of rotatable bonds is 3. The molecule has 2 unspecified atom stereocenters. The molecule has 2 atom stereocenters. The van der Waals surface area contributed by atoms with Crippen molar-refractivity contribution >= 4 is 0 Å². The van der Waals surface area contributed by atoms with Crippen molar-refractivity contribution in [3.8, 4) is 0 Å². The van der Waals surface area contributed by atoms with Crippen molar-refractivity contribution in [3.05, 3.63) is 24.3 Å². The van der Waals surface area contributed by atoms with E-state index in [-0.39, 0.29) is 5.60 Å². The summed E-state index contributed by atoms with van der Waals surface area (Å²) in [5, 5.41) is 3.48. The third-order valence-corrected chi connectivity index (χ3v) is 3.12. The van der Waals surface area contributed by atoms with Crippen LogP contribution in [0.1, 0.15) is 32.4 Å². The molecule has 0 saturated carbocycles. The van der Waals surface area contributed by atoms with E-state index in [2.05, 4.69) is 29.1 Å². The monoisotopic (exact) mass is 221 g/mol. The molecule has 0 radical (unpaired) electrons. The van der Waals surface area contributed by atoms with E-state index in [1.54, 1.807) is 18.6 Å². The quantitative estimate of drug-likeness (QED) is 0.840. The minimum atomic E-state index is -0.292. The van der Waals surface area contributed by atoms with Crippen molar-refractivity contribution < 1.29 is 4.74 Å². The summed E-state index contributed by atoms with van der Waals surface area (Å²) in [6.07, 6.45) is 7.25. The number of aromatic nitrogens is 2. The fraction of sp³-hybridized carbons (Fsp3) is 0.667. The second-order valence-electron chi connectivity index (χ2n) is 4.42. The normalized spacial score (nSPS) is 30.2. The van der Waals surface area contributed by atoms with Gasteiger partial charge in [-0.3, -0.25) is 9.97 Å². The van der Waals surface area contributed by atoms with Crippen LogP contribution in [0, 0.1) is 0 Å². The Kier molecular flexibility index (Phi) is 3.51. The standard InChI is InChI=1S/C12H19N3O/c1-3-14-10-4-7-16-12(2,8-10)11-9-13-5-6-15-11/h5-6,9-10,14H,3-4,7-8H2,1-2H3. The molecule has 88 valence electrons. The fourth-order valence-corrected chi connectivity index (χ4v) is 2.27. The Bertz CT molecular complexity index is 328. The first-order valence-electron chi connectivity index (χ1n) is 5.88. The minimum absolute atomic E-state index is 0.292. The molecule has 1 aromatic rings. The Hall–Kier alpha value is -1.00. The zero-order valence-electron chi connectivity index (χ0n) is 9.94. The molecule has 1 saturated heterocycles. The highest BCUT2D eigenvalue weighted by molar-refractivity contribution is 5.09. The van der Waals surface area contributed by atoms with Gasteiger partial charge in [-0.05, 0) is 26.3 Å². The van der Waals surface area contributed by atoms with Crippen LogP contribution in [0.25, 0.3) is 0 Å². The highest BCUT2D eigenvalue weighted by Crippen LogP contribution is 2.33. The van der Waals surface area contributed by atoms with Crippen molar-refractivity contribution in [1.29, 1.82) is 0 Å². The van der Waals surface area contributed by atoms with Crippen LogP contribution < -0.4 is 5.32 Å². The molecule has 4 nitrogen and oxygen atoms in total. The lowest BCUT2D eigenvalue weighted by Crippen LogP contribution is -2.44. The SMILES string of the molecule is CCNC1CCOC(C)(c2cnccn2)C1. The van der Waals surface area contributed by atoms with Gasteiger partial charge in [0.1, 0.15) is 5.60 Å². The van der Waals surface area contributed by atoms with Crippen LogP contribution in [-0.2, 0) is 10.3 Å². The first-order valence-corrected chi connectivity index (χ1v) is 5.88. The molecule has 1 aliphatic rings. The van der Waals surface area contributed by atoms with E-state index in [9.17, 15) is 0 Å². The third-order valence-electron chi connectivity index (χ3n) is 3.12. The zero-order valence-corrected chi connectivity index (χ0v) is 9.94. The number of hydrogen-bond acceptors (Lipinski definition) is 4. The molecular formula is C12H19N3O. The van der Waals surface area contributed by atoms with Gasteiger partial charge in [-0.15, -0.1) is 0 Å². The summed E-state index contributed by atoms with van der Waals surface area (Å²) < 4.78 is 5.89. The number of hydrogen-bond donors (Lipinski definition) is 1. The topological polar surface area (TPSA) is 47.0 Å². The molecule has 0 aromatic carbocycles. The molecule has 1 aromatic heterocycles. The van der Waals surface area contributed by atoms with Gasteiger partial charge in [0, 0.05) is 25.0 Å². The largest absolute Gasteiger partial charge is 0.369 e. The molecule has 1 aliphatic heterocycles. The van der Waals surface area contributed by atoms with Crippen LogP contribution in [0.15, 0.2) is 18.6 Å². The Balaban J connectivity index is 2.12. The molecule has 16 heavy (non-hydrogen) atoms. The second-order valence-corrected chi connectivity index (χ2v) is 4.42. The number of nitrogens with zero attached hydrogens (tertiary/aromatic N) is 2. The van der Waals surface area contributed by atoms with Gasteiger partial charge < -0.3 is 10.1 Å². The second kappa shape index (κ2) is 4.89. The van der Waals surface area contributed by atoms with Crippen LogP contribution in [0.2, 0.25) is 0 Å². The van der Waals surface area contributed by atoms with Gasteiger partial charge in [0.05, 0.1) is 11.9 Å². The molecule has 0 amide bonds. The van der Waals surface area contributed by atoms with Crippen LogP contribution in [-0.4, -0.2) is 29.2 Å². The molecule has 0 spiro atoms. The van der Waals surface area contributed by atoms with Gasteiger partial charge in [0.2, 0.25) is 0 Å². The predicted octanol–water partition coefficient (Wildman–Crippen LogP) is 1.48. The number of nitrogens with one attached hydrogen (secondary N) is 1. The minimum Gasteiger partial charge on any atom is -0.369 e. The van der Waals surface area contributed by atoms with Crippen molar-refractivity contribution in [1.82, 2.24) is 15.3 Å². The molecule has 0 aliphatic carbocycles. The average molecular weight is 221 g/mol. The van der Waals surface area contributed by atoms with Crippen molar-refractivity contribution in [2.75, 3.05) is 13.2 Å². The van der Waals surface area contributed by atoms with E-state index < -0.39 is 0 Å². The predicted molar refractivity (Wildman–Crippen MR) is 62.0 cm³/mol. The van der Waals surface area contributed by atoms with E-state index in [1.807, 2.05) is 0 Å². The van der Waals surface area contributed by atoms with Gasteiger partial charge in [-0.2, -0.15) is 0 Å². The highest BCUT2D eigenvalue weighted by Gasteiger charge is 2.35. The molecule has 1 N–H and O–H groups in total. The molecule has 1 fully saturated rings. The molecule has 0 bridgehead atoms. The maximum absolute atomic E-state index is 5.89. The van der Waals surface area contributed by atoms with Crippen molar-refractivity contribution in [3.63, 3.8) is 0 Å². The Morgan fingerprint density at radius 2 is 2.44 bits per heavy atom. The van der Waals surface area contributed by atoms with E-state index in [4.69, 9.17) is 4.74 Å². The average Bonchev–Trinajstić information content (AvgIpc) is 2.31. The lowest BCUT2D eigenvalue weighted by Gasteiger charge is -2.37. The first-order chi connectivity index (χ1) is 7.74. The Morgan fingerprint density at radius 3 is 3.12 bits per heavy atom. The zero-order chi connectivity index (χ0) is 11.4. The maximum Gasteiger partial charge on any atom is 0.110 e. The summed E-state index contributed by atoms with van der Waals surface area (Å²) in [6, 6.07) is 0.519. The smallest absolute Gasteiger partial charge is 0.110 e.